The van der Waals surface area contributed by atoms with Crippen LogP contribution in [0.1, 0.15) is 51.4 Å². The number of nitrogens with one attached hydrogen (secondary N) is 1. The van der Waals surface area contributed by atoms with Crippen LogP contribution in [0, 0.1) is 0 Å². The first-order chi connectivity index (χ1) is 7.18. The molecule has 0 aliphatic heterocycles. The molecule has 0 bridgehead atoms. The minimum absolute atomic E-state index is 0.149. The van der Waals surface area contributed by atoms with E-state index in [1.165, 1.54) is 0 Å². The SMILES string of the molecule is O=C(O)CCCCCCC(=O)NC1CC1. The van der Waals surface area contributed by atoms with Crippen molar-refractivity contribution in [2.45, 2.75) is 57.4 Å². The van der Waals surface area contributed by atoms with Gasteiger partial charge in [0.25, 0.3) is 0 Å². The Balaban J connectivity index is 1.83. The van der Waals surface area contributed by atoms with E-state index in [9.17, 15) is 9.59 Å². The van der Waals surface area contributed by atoms with Crippen molar-refractivity contribution >= 4 is 11.9 Å². The van der Waals surface area contributed by atoms with Crippen LogP contribution in [-0.4, -0.2) is 23.0 Å². The number of carboxylic acids is 1. The Labute approximate surface area is 90.0 Å². The molecule has 1 aliphatic rings. The maximum Gasteiger partial charge on any atom is 0.303 e. The van der Waals surface area contributed by atoms with E-state index in [4.69, 9.17) is 5.11 Å². The highest BCUT2D eigenvalue weighted by atomic mass is 16.4. The van der Waals surface area contributed by atoms with Crippen molar-refractivity contribution in [3.63, 3.8) is 0 Å². The summed E-state index contributed by atoms with van der Waals surface area (Å²) >= 11 is 0. The average Bonchev–Trinajstić information content (AvgIpc) is 2.94. The van der Waals surface area contributed by atoms with E-state index in [2.05, 4.69) is 5.32 Å². The molecular formula is C11H19NO3. The van der Waals surface area contributed by atoms with E-state index in [0.29, 0.717) is 12.5 Å². The van der Waals surface area contributed by atoms with Gasteiger partial charge in [-0.3, -0.25) is 9.59 Å². The second kappa shape index (κ2) is 6.43. The molecule has 1 fully saturated rings. The van der Waals surface area contributed by atoms with Gasteiger partial charge in [-0.15, -0.1) is 0 Å². The van der Waals surface area contributed by atoms with E-state index in [1.54, 1.807) is 0 Å². The molecule has 0 aromatic carbocycles. The molecule has 2 N–H and O–H groups in total. The molecule has 1 amide bonds. The summed E-state index contributed by atoms with van der Waals surface area (Å²) in [5.41, 5.74) is 0. The minimum Gasteiger partial charge on any atom is -0.481 e. The Morgan fingerprint density at radius 1 is 1.07 bits per heavy atom. The second-order valence-corrected chi connectivity index (χ2v) is 4.15. The molecule has 15 heavy (non-hydrogen) atoms. The number of unbranched alkanes of at least 4 members (excludes halogenated alkanes) is 3. The fraction of sp³-hybridized carbons (Fsp3) is 0.818. The van der Waals surface area contributed by atoms with Gasteiger partial charge in [-0.05, 0) is 25.7 Å². The zero-order valence-electron chi connectivity index (χ0n) is 9.00. The molecule has 0 unspecified atom stereocenters. The van der Waals surface area contributed by atoms with Gasteiger partial charge in [-0.1, -0.05) is 12.8 Å². The quantitative estimate of drug-likeness (QED) is 0.603. The van der Waals surface area contributed by atoms with Gasteiger partial charge in [0.05, 0.1) is 0 Å². The average molecular weight is 213 g/mol. The summed E-state index contributed by atoms with van der Waals surface area (Å²) in [7, 11) is 0. The summed E-state index contributed by atoms with van der Waals surface area (Å²) < 4.78 is 0. The topological polar surface area (TPSA) is 66.4 Å². The van der Waals surface area contributed by atoms with Gasteiger partial charge < -0.3 is 10.4 Å². The smallest absolute Gasteiger partial charge is 0.303 e. The van der Waals surface area contributed by atoms with Crippen LogP contribution in [0.25, 0.3) is 0 Å². The fourth-order valence-electron chi connectivity index (χ4n) is 1.44. The van der Waals surface area contributed by atoms with Crippen LogP contribution in [0.5, 0.6) is 0 Å². The van der Waals surface area contributed by atoms with Crippen molar-refractivity contribution in [3.05, 3.63) is 0 Å². The zero-order valence-corrected chi connectivity index (χ0v) is 9.00. The van der Waals surface area contributed by atoms with Gasteiger partial charge >= 0.3 is 5.97 Å². The van der Waals surface area contributed by atoms with E-state index >= 15 is 0 Å². The summed E-state index contributed by atoms with van der Waals surface area (Å²) in [6.45, 7) is 0. The number of carboxylic acid groups (broad SMARTS) is 1. The highest BCUT2D eigenvalue weighted by molar-refractivity contribution is 5.76. The summed E-state index contributed by atoms with van der Waals surface area (Å²) in [6, 6.07) is 0.449. The first-order valence-corrected chi connectivity index (χ1v) is 5.69. The van der Waals surface area contributed by atoms with Crippen molar-refractivity contribution in [1.29, 1.82) is 0 Å². The van der Waals surface area contributed by atoms with Crippen LogP contribution >= 0.6 is 0 Å². The molecule has 86 valence electrons. The van der Waals surface area contributed by atoms with Gasteiger partial charge in [0.2, 0.25) is 5.91 Å². The largest absolute Gasteiger partial charge is 0.481 e. The van der Waals surface area contributed by atoms with Gasteiger partial charge in [0, 0.05) is 18.9 Å². The molecule has 0 atom stereocenters. The maximum absolute atomic E-state index is 11.2. The minimum atomic E-state index is -0.735. The third-order valence-corrected chi connectivity index (χ3v) is 2.49. The van der Waals surface area contributed by atoms with Gasteiger partial charge in [-0.25, -0.2) is 0 Å². The predicted octanol–water partition coefficient (Wildman–Crippen LogP) is 1.69. The van der Waals surface area contributed by atoms with Gasteiger partial charge in [-0.2, -0.15) is 0 Å². The van der Waals surface area contributed by atoms with Crippen LogP contribution in [0.3, 0.4) is 0 Å². The van der Waals surface area contributed by atoms with Crippen LogP contribution in [0.4, 0.5) is 0 Å². The first-order valence-electron chi connectivity index (χ1n) is 5.69. The Morgan fingerprint density at radius 3 is 2.20 bits per heavy atom. The molecule has 0 heterocycles. The lowest BCUT2D eigenvalue weighted by molar-refractivity contribution is -0.137. The highest BCUT2D eigenvalue weighted by Gasteiger charge is 2.22. The standard InChI is InChI=1S/C11H19NO3/c13-10(12-9-7-8-9)5-3-1-2-4-6-11(14)15/h9H,1-8H2,(H,12,13)(H,14,15). The Bertz CT molecular complexity index is 224. The lowest BCUT2D eigenvalue weighted by atomic mass is 10.1. The third-order valence-electron chi connectivity index (χ3n) is 2.49. The summed E-state index contributed by atoms with van der Waals surface area (Å²) in [5, 5.41) is 11.3. The Hall–Kier alpha value is -1.06. The zero-order chi connectivity index (χ0) is 11.1. The normalized spacial score (nSPS) is 14.9. The summed E-state index contributed by atoms with van der Waals surface area (Å²) in [6.07, 6.45) is 6.54. The summed E-state index contributed by atoms with van der Waals surface area (Å²) in [4.78, 5) is 21.4. The maximum atomic E-state index is 11.2. The van der Waals surface area contributed by atoms with E-state index < -0.39 is 5.97 Å². The van der Waals surface area contributed by atoms with Crippen LogP contribution in [0.15, 0.2) is 0 Å². The lowest BCUT2D eigenvalue weighted by Gasteiger charge is -2.02. The van der Waals surface area contributed by atoms with E-state index in [0.717, 1.165) is 38.5 Å². The van der Waals surface area contributed by atoms with Crippen molar-refractivity contribution in [2.75, 3.05) is 0 Å². The molecule has 4 heteroatoms. The molecule has 0 aromatic heterocycles. The van der Waals surface area contributed by atoms with Crippen LogP contribution in [-0.2, 0) is 9.59 Å². The fourth-order valence-corrected chi connectivity index (χ4v) is 1.44. The number of rotatable bonds is 8. The van der Waals surface area contributed by atoms with Crippen LogP contribution < -0.4 is 5.32 Å². The van der Waals surface area contributed by atoms with Crippen molar-refractivity contribution < 1.29 is 14.7 Å². The Morgan fingerprint density at radius 2 is 1.67 bits per heavy atom. The highest BCUT2D eigenvalue weighted by Crippen LogP contribution is 2.18. The second-order valence-electron chi connectivity index (χ2n) is 4.15. The number of amides is 1. The van der Waals surface area contributed by atoms with E-state index in [1.807, 2.05) is 0 Å². The first kappa shape index (κ1) is 12.0. The number of hydrogen-bond donors (Lipinski definition) is 2. The molecule has 1 aliphatic carbocycles. The number of carbonyl (C=O) groups is 2. The number of aliphatic carboxylic acids is 1. The molecule has 0 spiro atoms. The van der Waals surface area contributed by atoms with Gasteiger partial charge in [0.15, 0.2) is 0 Å². The molecular weight excluding hydrogens is 194 g/mol. The monoisotopic (exact) mass is 213 g/mol. The summed E-state index contributed by atoms with van der Waals surface area (Å²) in [5.74, 6) is -0.586. The van der Waals surface area contributed by atoms with Crippen molar-refractivity contribution in [3.8, 4) is 0 Å². The van der Waals surface area contributed by atoms with Crippen LogP contribution in [0.2, 0.25) is 0 Å². The number of carbonyl (C=O) groups excluding carboxylic acids is 1. The molecule has 0 radical (unpaired) electrons. The molecule has 0 saturated heterocycles. The van der Waals surface area contributed by atoms with E-state index in [-0.39, 0.29) is 12.3 Å². The number of hydrogen-bond acceptors (Lipinski definition) is 2. The molecule has 4 nitrogen and oxygen atoms in total. The predicted molar refractivity (Wildman–Crippen MR) is 56.5 cm³/mol. The van der Waals surface area contributed by atoms with Crippen molar-refractivity contribution in [2.24, 2.45) is 0 Å². The molecule has 1 rings (SSSR count). The van der Waals surface area contributed by atoms with Gasteiger partial charge in [0.1, 0.15) is 0 Å². The Kier molecular flexibility index (Phi) is 5.15. The third kappa shape index (κ3) is 6.94. The lowest BCUT2D eigenvalue weighted by Crippen LogP contribution is -2.24. The molecule has 1 saturated carbocycles. The molecule has 0 aromatic rings. The van der Waals surface area contributed by atoms with Crippen molar-refractivity contribution in [1.82, 2.24) is 5.32 Å².